The van der Waals surface area contributed by atoms with E-state index in [1.54, 1.807) is 0 Å². The fourth-order valence-electron chi connectivity index (χ4n) is 2.58. The first-order chi connectivity index (χ1) is 8.15. The normalized spacial score (nSPS) is 29.2. The average molecular weight is 232 g/mol. The van der Waals surface area contributed by atoms with E-state index in [1.165, 1.54) is 24.8 Å². The van der Waals surface area contributed by atoms with Crippen molar-refractivity contribution in [2.45, 2.75) is 52.6 Å². The Bertz CT molecular complexity index is 344. The van der Waals surface area contributed by atoms with Gasteiger partial charge in [0.25, 0.3) is 0 Å². The van der Waals surface area contributed by atoms with Crippen LogP contribution in [0.15, 0.2) is 18.3 Å². The van der Waals surface area contributed by atoms with Crippen LogP contribution >= 0.6 is 0 Å². The zero-order valence-electron chi connectivity index (χ0n) is 11.2. The van der Waals surface area contributed by atoms with Gasteiger partial charge >= 0.3 is 0 Å². The first-order valence-electron chi connectivity index (χ1n) is 6.80. The van der Waals surface area contributed by atoms with E-state index >= 15 is 0 Å². The Labute approximate surface area is 105 Å². The molecule has 0 bridgehead atoms. The molecular formula is C15H24N2. The van der Waals surface area contributed by atoms with Crippen LogP contribution in [-0.2, 0) is 6.54 Å². The molecule has 1 aromatic rings. The van der Waals surface area contributed by atoms with E-state index < -0.39 is 0 Å². The second kappa shape index (κ2) is 5.63. The van der Waals surface area contributed by atoms with Crippen LogP contribution in [0.2, 0.25) is 0 Å². The first kappa shape index (κ1) is 12.6. The highest BCUT2D eigenvalue weighted by molar-refractivity contribution is 5.12. The molecule has 0 saturated heterocycles. The van der Waals surface area contributed by atoms with Crippen LogP contribution in [0.5, 0.6) is 0 Å². The monoisotopic (exact) mass is 232 g/mol. The molecule has 1 aliphatic carbocycles. The number of nitrogens with one attached hydrogen (secondary N) is 1. The SMILES string of the molecule is Cc1ccc(CNC2CCC(C)C(C)C2)nc1. The highest BCUT2D eigenvalue weighted by Crippen LogP contribution is 2.29. The minimum atomic E-state index is 0.685. The lowest BCUT2D eigenvalue weighted by Crippen LogP contribution is -2.35. The van der Waals surface area contributed by atoms with E-state index in [9.17, 15) is 0 Å². The van der Waals surface area contributed by atoms with Gasteiger partial charge in [-0.1, -0.05) is 19.9 Å². The lowest BCUT2D eigenvalue weighted by molar-refractivity contribution is 0.225. The van der Waals surface area contributed by atoms with E-state index in [0.29, 0.717) is 6.04 Å². The molecule has 1 N–H and O–H groups in total. The van der Waals surface area contributed by atoms with Gasteiger partial charge in [0, 0.05) is 18.8 Å². The molecule has 2 heteroatoms. The smallest absolute Gasteiger partial charge is 0.0541 e. The number of nitrogens with zero attached hydrogens (tertiary/aromatic N) is 1. The van der Waals surface area contributed by atoms with Gasteiger partial charge in [-0.15, -0.1) is 0 Å². The molecule has 0 aromatic carbocycles. The predicted molar refractivity (Wildman–Crippen MR) is 71.8 cm³/mol. The largest absolute Gasteiger partial charge is 0.308 e. The van der Waals surface area contributed by atoms with Gasteiger partial charge in [-0.05, 0) is 49.7 Å². The standard InChI is InChI=1S/C15H24N2/c1-11-4-6-15(16-9-11)10-17-14-7-5-12(2)13(3)8-14/h4,6,9,12-14,17H,5,7-8,10H2,1-3H3. The Hall–Kier alpha value is -0.890. The van der Waals surface area contributed by atoms with E-state index in [-0.39, 0.29) is 0 Å². The summed E-state index contributed by atoms with van der Waals surface area (Å²) in [7, 11) is 0. The van der Waals surface area contributed by atoms with Crippen LogP contribution in [0.4, 0.5) is 0 Å². The fourth-order valence-corrected chi connectivity index (χ4v) is 2.58. The second-order valence-corrected chi connectivity index (χ2v) is 5.67. The summed E-state index contributed by atoms with van der Waals surface area (Å²) < 4.78 is 0. The molecule has 17 heavy (non-hydrogen) atoms. The summed E-state index contributed by atoms with van der Waals surface area (Å²) >= 11 is 0. The molecule has 1 saturated carbocycles. The molecule has 2 nitrogen and oxygen atoms in total. The van der Waals surface area contributed by atoms with Crippen molar-refractivity contribution in [1.82, 2.24) is 10.3 Å². The van der Waals surface area contributed by atoms with Crippen molar-refractivity contribution in [3.63, 3.8) is 0 Å². The number of aromatic nitrogens is 1. The topological polar surface area (TPSA) is 24.9 Å². The van der Waals surface area contributed by atoms with Crippen molar-refractivity contribution in [3.8, 4) is 0 Å². The summed E-state index contributed by atoms with van der Waals surface area (Å²) in [6.45, 7) is 7.74. The number of hydrogen-bond donors (Lipinski definition) is 1. The Morgan fingerprint density at radius 1 is 1.24 bits per heavy atom. The van der Waals surface area contributed by atoms with Gasteiger partial charge in [0.1, 0.15) is 0 Å². The molecular weight excluding hydrogens is 208 g/mol. The third kappa shape index (κ3) is 3.53. The Morgan fingerprint density at radius 2 is 2.06 bits per heavy atom. The maximum atomic E-state index is 4.43. The summed E-state index contributed by atoms with van der Waals surface area (Å²) in [5, 5.41) is 3.65. The Morgan fingerprint density at radius 3 is 2.71 bits per heavy atom. The zero-order chi connectivity index (χ0) is 12.3. The van der Waals surface area contributed by atoms with E-state index in [0.717, 1.165) is 24.1 Å². The molecule has 1 fully saturated rings. The molecule has 2 rings (SSSR count). The molecule has 94 valence electrons. The molecule has 0 amide bonds. The Balaban J connectivity index is 1.80. The lowest BCUT2D eigenvalue weighted by atomic mass is 9.79. The highest BCUT2D eigenvalue weighted by atomic mass is 14.9. The number of rotatable bonds is 3. The van der Waals surface area contributed by atoms with Gasteiger partial charge < -0.3 is 5.32 Å². The van der Waals surface area contributed by atoms with Crippen molar-refractivity contribution >= 4 is 0 Å². The van der Waals surface area contributed by atoms with Crippen LogP contribution in [0, 0.1) is 18.8 Å². The summed E-state index contributed by atoms with van der Waals surface area (Å²) in [5.41, 5.74) is 2.38. The first-order valence-corrected chi connectivity index (χ1v) is 6.80. The lowest BCUT2D eigenvalue weighted by Gasteiger charge is -2.32. The maximum absolute atomic E-state index is 4.43. The summed E-state index contributed by atoms with van der Waals surface area (Å²) in [6, 6.07) is 4.94. The van der Waals surface area contributed by atoms with E-state index in [1.807, 2.05) is 6.20 Å². The van der Waals surface area contributed by atoms with Crippen LogP contribution in [0.3, 0.4) is 0 Å². The molecule has 0 radical (unpaired) electrons. The molecule has 1 aliphatic rings. The summed E-state index contributed by atoms with van der Waals surface area (Å²) in [4.78, 5) is 4.43. The molecule has 1 aromatic heterocycles. The number of hydrogen-bond acceptors (Lipinski definition) is 2. The van der Waals surface area contributed by atoms with Crippen molar-refractivity contribution < 1.29 is 0 Å². The summed E-state index contributed by atoms with van der Waals surface area (Å²) in [5.74, 6) is 1.75. The van der Waals surface area contributed by atoms with Gasteiger partial charge in [0.2, 0.25) is 0 Å². The van der Waals surface area contributed by atoms with Gasteiger partial charge in [0.15, 0.2) is 0 Å². The Kier molecular flexibility index (Phi) is 4.16. The molecule has 0 spiro atoms. The van der Waals surface area contributed by atoms with Crippen molar-refractivity contribution in [2.24, 2.45) is 11.8 Å². The number of pyridine rings is 1. The van der Waals surface area contributed by atoms with Crippen molar-refractivity contribution in [1.29, 1.82) is 0 Å². The minimum Gasteiger partial charge on any atom is -0.308 e. The number of aryl methyl sites for hydroxylation is 1. The quantitative estimate of drug-likeness (QED) is 0.865. The second-order valence-electron chi connectivity index (χ2n) is 5.67. The third-order valence-corrected chi connectivity index (χ3v) is 4.14. The van der Waals surface area contributed by atoms with Crippen LogP contribution in [0.25, 0.3) is 0 Å². The van der Waals surface area contributed by atoms with Gasteiger partial charge in [0.05, 0.1) is 5.69 Å². The molecule has 3 atom stereocenters. The van der Waals surface area contributed by atoms with E-state index in [4.69, 9.17) is 0 Å². The highest BCUT2D eigenvalue weighted by Gasteiger charge is 2.23. The van der Waals surface area contributed by atoms with Crippen LogP contribution in [0.1, 0.15) is 44.4 Å². The van der Waals surface area contributed by atoms with E-state index in [2.05, 4.69) is 43.2 Å². The zero-order valence-corrected chi connectivity index (χ0v) is 11.2. The third-order valence-electron chi connectivity index (χ3n) is 4.14. The van der Waals surface area contributed by atoms with Crippen LogP contribution < -0.4 is 5.32 Å². The molecule has 0 aliphatic heterocycles. The minimum absolute atomic E-state index is 0.685. The van der Waals surface area contributed by atoms with Crippen molar-refractivity contribution in [3.05, 3.63) is 29.6 Å². The van der Waals surface area contributed by atoms with Gasteiger partial charge in [-0.25, -0.2) is 0 Å². The fraction of sp³-hybridized carbons (Fsp3) is 0.667. The average Bonchev–Trinajstić information content (AvgIpc) is 2.33. The van der Waals surface area contributed by atoms with Gasteiger partial charge in [-0.3, -0.25) is 4.98 Å². The van der Waals surface area contributed by atoms with Gasteiger partial charge in [-0.2, -0.15) is 0 Å². The molecule has 3 unspecified atom stereocenters. The summed E-state index contributed by atoms with van der Waals surface area (Å²) in [6.07, 6.45) is 5.94. The molecule has 1 heterocycles. The predicted octanol–water partition coefficient (Wildman–Crippen LogP) is 3.30. The van der Waals surface area contributed by atoms with Crippen LogP contribution in [-0.4, -0.2) is 11.0 Å². The van der Waals surface area contributed by atoms with Crippen molar-refractivity contribution in [2.75, 3.05) is 0 Å². The maximum Gasteiger partial charge on any atom is 0.0541 e.